The molecule has 2 nitrogen and oxygen atoms in total. The topological polar surface area (TPSA) is 26.3 Å². The summed E-state index contributed by atoms with van der Waals surface area (Å²) in [6.45, 7) is 0.839. The van der Waals surface area contributed by atoms with E-state index in [4.69, 9.17) is 0 Å². The van der Waals surface area contributed by atoms with Crippen LogP contribution < -0.4 is 0 Å². The minimum atomic E-state index is -6.11. The van der Waals surface area contributed by atoms with Gasteiger partial charge in [-0.1, -0.05) is 30.0 Å². The van der Waals surface area contributed by atoms with Gasteiger partial charge in [-0.3, -0.25) is 0 Å². The molecule has 0 bridgehead atoms. The van der Waals surface area contributed by atoms with Gasteiger partial charge in [-0.2, -0.15) is 26.3 Å². The van der Waals surface area contributed by atoms with Crippen LogP contribution in [0.25, 0.3) is 0 Å². The largest absolute Gasteiger partial charge is 0.461 e. The van der Waals surface area contributed by atoms with Crippen LogP contribution in [-0.4, -0.2) is 24.7 Å². The lowest BCUT2D eigenvalue weighted by Crippen LogP contribution is -2.39. The van der Waals surface area contributed by atoms with Crippen LogP contribution in [0.15, 0.2) is 41.7 Å². The van der Waals surface area contributed by atoms with Gasteiger partial charge in [-0.05, 0) is 19.1 Å². The molecule has 0 saturated carbocycles. The highest BCUT2D eigenvalue weighted by Crippen LogP contribution is 2.42. The zero-order valence-electron chi connectivity index (χ0n) is 11.7. The Labute approximate surface area is 127 Å². The third-order valence-corrected chi connectivity index (χ3v) is 2.45. The number of alkyl halides is 5. The highest BCUT2D eigenvalue weighted by atomic mass is 19.4. The summed E-state index contributed by atoms with van der Waals surface area (Å²) < 4.78 is 82.0. The zero-order valence-corrected chi connectivity index (χ0v) is 11.7. The number of carbonyl (C=O) groups is 1. The van der Waals surface area contributed by atoms with Crippen molar-refractivity contribution in [2.75, 3.05) is 6.61 Å². The maximum Gasteiger partial charge on any atom is 0.458 e. The fraction of sp³-hybridized carbons (Fsp3) is 0.267. The predicted octanol–water partition coefficient (Wildman–Crippen LogP) is 4.02. The van der Waals surface area contributed by atoms with Crippen molar-refractivity contribution >= 4 is 5.97 Å². The summed E-state index contributed by atoms with van der Waals surface area (Å²) >= 11 is 0. The monoisotopic (exact) mass is 336 g/mol. The van der Waals surface area contributed by atoms with E-state index in [1.54, 1.807) is 6.07 Å². The van der Waals surface area contributed by atoms with Crippen LogP contribution in [0.3, 0.4) is 0 Å². The maximum absolute atomic E-state index is 13.7. The third-order valence-electron chi connectivity index (χ3n) is 2.45. The van der Waals surface area contributed by atoms with Crippen LogP contribution in [0.2, 0.25) is 0 Å². The van der Waals surface area contributed by atoms with E-state index in [1.165, 1.54) is 37.1 Å². The van der Waals surface area contributed by atoms with Crippen molar-refractivity contribution < 1.29 is 35.9 Å². The summed E-state index contributed by atoms with van der Waals surface area (Å²) in [6.07, 6.45) is -6.11. The highest BCUT2D eigenvalue weighted by molar-refractivity contribution is 5.88. The maximum atomic E-state index is 13.7. The molecule has 0 N–H and O–H groups in total. The van der Waals surface area contributed by atoms with E-state index in [2.05, 4.69) is 4.74 Å². The van der Waals surface area contributed by atoms with Gasteiger partial charge in [0.15, 0.2) is 0 Å². The molecular formula is C15H10F6O2. The van der Waals surface area contributed by atoms with Gasteiger partial charge >= 0.3 is 18.1 Å². The second kappa shape index (κ2) is 7.22. The number of allylic oxidation sites excluding steroid dienone is 1. The number of benzene rings is 1. The Bertz CT molecular complexity index is 650. The molecule has 1 rings (SSSR count). The number of hydrogen-bond acceptors (Lipinski definition) is 2. The number of ether oxygens (including phenoxy) is 1. The molecule has 1 aromatic rings. The Morgan fingerprint density at radius 2 is 1.70 bits per heavy atom. The first-order valence-electron chi connectivity index (χ1n) is 6.20. The normalized spacial score (nSPS) is 12.8. The van der Waals surface area contributed by atoms with Crippen molar-refractivity contribution in [2.45, 2.75) is 19.0 Å². The molecule has 0 atom stereocenters. The smallest absolute Gasteiger partial charge is 0.458 e. The number of esters is 1. The van der Waals surface area contributed by atoms with E-state index >= 15 is 0 Å². The van der Waals surface area contributed by atoms with Gasteiger partial charge in [0.05, 0.1) is 6.61 Å². The molecule has 0 saturated heterocycles. The van der Waals surface area contributed by atoms with Crippen molar-refractivity contribution in [3.8, 4) is 11.8 Å². The van der Waals surface area contributed by atoms with E-state index in [0.717, 1.165) is 0 Å². The van der Waals surface area contributed by atoms with E-state index in [1.807, 2.05) is 5.92 Å². The second-order valence-corrected chi connectivity index (χ2v) is 4.10. The van der Waals surface area contributed by atoms with E-state index in [-0.39, 0.29) is 5.56 Å². The van der Waals surface area contributed by atoms with Crippen molar-refractivity contribution in [3.63, 3.8) is 0 Å². The van der Waals surface area contributed by atoms with E-state index in [0.29, 0.717) is 0 Å². The predicted molar refractivity (Wildman–Crippen MR) is 69.1 cm³/mol. The molecule has 0 amide bonds. The molecule has 0 fully saturated rings. The summed E-state index contributed by atoms with van der Waals surface area (Å²) in [6, 6.07) is 7.11. The number of hydrogen-bond donors (Lipinski definition) is 0. The van der Waals surface area contributed by atoms with Gasteiger partial charge in [-0.25, -0.2) is 4.79 Å². The Kier molecular flexibility index (Phi) is 5.85. The van der Waals surface area contributed by atoms with Gasteiger partial charge in [-0.15, -0.1) is 0 Å². The lowest BCUT2D eigenvalue weighted by Gasteiger charge is -2.19. The third kappa shape index (κ3) is 4.52. The number of carbonyl (C=O) groups excluding carboxylic acids is 1. The molecule has 0 spiro atoms. The second-order valence-electron chi connectivity index (χ2n) is 4.10. The van der Waals surface area contributed by atoms with Crippen LogP contribution in [0.5, 0.6) is 0 Å². The Balaban J connectivity index is 3.43. The first-order valence-corrected chi connectivity index (χ1v) is 6.20. The standard InChI is InChI=1S/C15H10F6O2/c1-2-23-13(22)12(16)11(14(17,18)15(19,20)21)9-8-10-6-4-3-5-7-10/h3-7H,2H2,1H3/b12-11-. The summed E-state index contributed by atoms with van der Waals surface area (Å²) in [7, 11) is 0. The van der Waals surface area contributed by atoms with Gasteiger partial charge in [0.2, 0.25) is 5.83 Å². The average Bonchev–Trinajstić information content (AvgIpc) is 2.47. The fourth-order valence-electron chi connectivity index (χ4n) is 1.37. The summed E-state index contributed by atoms with van der Waals surface area (Å²) in [4.78, 5) is 11.1. The molecule has 0 unspecified atom stereocenters. The van der Waals surface area contributed by atoms with Crippen LogP contribution in [0, 0.1) is 11.8 Å². The molecule has 0 aromatic heterocycles. The van der Waals surface area contributed by atoms with Crippen LogP contribution >= 0.6 is 0 Å². The molecule has 0 aliphatic carbocycles. The van der Waals surface area contributed by atoms with Crippen molar-refractivity contribution in [2.24, 2.45) is 0 Å². The quantitative estimate of drug-likeness (QED) is 0.361. The lowest BCUT2D eigenvalue weighted by molar-refractivity contribution is -0.263. The first kappa shape index (κ1) is 18.6. The highest BCUT2D eigenvalue weighted by Gasteiger charge is 2.61. The van der Waals surface area contributed by atoms with Crippen molar-refractivity contribution in [3.05, 3.63) is 47.3 Å². The molecule has 1 aromatic carbocycles. The Morgan fingerprint density at radius 1 is 1.13 bits per heavy atom. The molecule has 0 radical (unpaired) electrons. The van der Waals surface area contributed by atoms with Gasteiger partial charge in [0, 0.05) is 5.56 Å². The zero-order chi connectivity index (χ0) is 17.7. The molecule has 124 valence electrons. The SMILES string of the molecule is CCOC(=O)/C(F)=C(\C#Cc1ccccc1)C(F)(F)C(F)(F)F. The van der Waals surface area contributed by atoms with Crippen LogP contribution in [-0.2, 0) is 9.53 Å². The minimum absolute atomic E-state index is 0.0691. The van der Waals surface area contributed by atoms with E-state index < -0.39 is 36.1 Å². The molecule has 8 heteroatoms. The molecule has 0 heterocycles. The minimum Gasteiger partial charge on any atom is -0.461 e. The molecular weight excluding hydrogens is 326 g/mol. The van der Waals surface area contributed by atoms with Crippen LogP contribution in [0.1, 0.15) is 12.5 Å². The molecule has 0 aliphatic rings. The molecule has 23 heavy (non-hydrogen) atoms. The Morgan fingerprint density at radius 3 is 2.17 bits per heavy atom. The summed E-state index contributed by atoms with van der Waals surface area (Å²) in [5.74, 6) is -6.58. The number of halogens is 6. The lowest BCUT2D eigenvalue weighted by atomic mass is 10.1. The number of rotatable bonds is 3. The van der Waals surface area contributed by atoms with E-state index in [9.17, 15) is 31.1 Å². The molecule has 0 aliphatic heterocycles. The summed E-state index contributed by atoms with van der Waals surface area (Å²) in [5, 5.41) is 0. The van der Waals surface area contributed by atoms with Crippen molar-refractivity contribution in [1.29, 1.82) is 0 Å². The van der Waals surface area contributed by atoms with Crippen LogP contribution in [0.4, 0.5) is 26.3 Å². The first-order chi connectivity index (χ1) is 10.6. The van der Waals surface area contributed by atoms with Gasteiger partial charge in [0.25, 0.3) is 0 Å². The Hall–Kier alpha value is -2.43. The van der Waals surface area contributed by atoms with Gasteiger partial charge in [0.1, 0.15) is 5.57 Å². The summed E-state index contributed by atoms with van der Waals surface area (Å²) in [5.41, 5.74) is -2.22. The van der Waals surface area contributed by atoms with Crippen molar-refractivity contribution in [1.82, 2.24) is 0 Å². The fourth-order valence-corrected chi connectivity index (χ4v) is 1.37. The average molecular weight is 336 g/mol. The van der Waals surface area contributed by atoms with Gasteiger partial charge < -0.3 is 4.74 Å².